The molecule has 7 nitrogen and oxygen atoms in total. The van der Waals surface area contributed by atoms with E-state index in [0.717, 1.165) is 28.0 Å². The summed E-state index contributed by atoms with van der Waals surface area (Å²) in [4.78, 5) is 4.85. The minimum Gasteiger partial charge on any atom is -0.285 e. The monoisotopic (exact) mass is 319 g/mol. The van der Waals surface area contributed by atoms with Gasteiger partial charge in [-0.05, 0) is 24.8 Å². The molecule has 5 rings (SSSR count). The third kappa shape index (κ3) is 1.97. The van der Waals surface area contributed by atoms with E-state index in [4.69, 9.17) is 4.98 Å². The Morgan fingerprint density at radius 3 is 2.83 bits per heavy atom. The molecule has 24 heavy (non-hydrogen) atoms. The van der Waals surface area contributed by atoms with Crippen molar-refractivity contribution < 1.29 is 0 Å². The van der Waals surface area contributed by atoms with Crippen LogP contribution in [0.1, 0.15) is 25.8 Å². The van der Waals surface area contributed by atoms with Gasteiger partial charge in [-0.1, -0.05) is 6.92 Å². The molecule has 1 fully saturated rings. The average Bonchev–Trinajstić information content (AvgIpc) is 3.32. The highest BCUT2D eigenvalue weighted by Crippen LogP contribution is 2.38. The van der Waals surface area contributed by atoms with Crippen LogP contribution in [-0.4, -0.2) is 34.6 Å². The van der Waals surface area contributed by atoms with Crippen LogP contribution in [0, 0.1) is 5.92 Å². The molecular formula is C17H17N7. The Morgan fingerprint density at radius 1 is 1.12 bits per heavy atom. The normalized spacial score (nSPS) is 20.4. The van der Waals surface area contributed by atoms with E-state index in [0.29, 0.717) is 12.0 Å². The number of hydrogen-bond acceptors (Lipinski definition) is 4. The molecule has 7 heteroatoms. The molecule has 0 radical (unpaired) electrons. The Kier molecular flexibility index (Phi) is 2.82. The fourth-order valence-electron chi connectivity index (χ4n) is 3.35. The fourth-order valence-corrected chi connectivity index (χ4v) is 3.35. The molecule has 1 aliphatic carbocycles. The topological polar surface area (TPSA) is 76.7 Å². The number of aromatic nitrogens is 7. The second-order valence-corrected chi connectivity index (χ2v) is 6.45. The Bertz CT molecular complexity index is 995. The Balaban J connectivity index is 1.64. The second kappa shape index (κ2) is 5.02. The fraction of sp³-hybridized carbons (Fsp3) is 0.294. The summed E-state index contributed by atoms with van der Waals surface area (Å²) in [6, 6.07) is 2.49. The number of rotatable bonds is 3. The van der Waals surface area contributed by atoms with Gasteiger partial charge in [0.2, 0.25) is 0 Å². The summed E-state index contributed by atoms with van der Waals surface area (Å²) < 4.78 is 3.94. The smallest absolute Gasteiger partial charge is 0.0999 e. The number of H-pyrrole nitrogens is 1. The van der Waals surface area contributed by atoms with Crippen molar-refractivity contribution in [2.45, 2.75) is 25.8 Å². The molecule has 0 spiro atoms. The van der Waals surface area contributed by atoms with Gasteiger partial charge in [0.25, 0.3) is 0 Å². The lowest BCUT2D eigenvalue weighted by atomic mass is 9.81. The van der Waals surface area contributed by atoms with Crippen molar-refractivity contribution in [3.8, 4) is 22.5 Å². The zero-order chi connectivity index (χ0) is 16.1. The van der Waals surface area contributed by atoms with Crippen LogP contribution in [-0.2, 0) is 0 Å². The van der Waals surface area contributed by atoms with Crippen LogP contribution in [0.2, 0.25) is 0 Å². The molecule has 1 N–H and O–H groups in total. The molecule has 120 valence electrons. The minimum atomic E-state index is 0.511. The molecule has 4 aromatic rings. The first-order valence-electron chi connectivity index (χ1n) is 8.17. The van der Waals surface area contributed by atoms with E-state index >= 15 is 0 Å². The molecule has 0 aromatic carbocycles. The Hall–Kier alpha value is -2.96. The van der Waals surface area contributed by atoms with Crippen LogP contribution < -0.4 is 0 Å². The first-order valence-corrected chi connectivity index (χ1v) is 8.17. The van der Waals surface area contributed by atoms with Crippen LogP contribution in [0.25, 0.3) is 28.0 Å². The van der Waals surface area contributed by atoms with Crippen molar-refractivity contribution in [1.29, 1.82) is 0 Å². The number of nitrogens with zero attached hydrogens (tertiary/aromatic N) is 6. The van der Waals surface area contributed by atoms with Crippen molar-refractivity contribution in [1.82, 2.24) is 34.6 Å². The van der Waals surface area contributed by atoms with Crippen LogP contribution >= 0.6 is 0 Å². The molecular weight excluding hydrogens is 302 g/mol. The zero-order valence-corrected chi connectivity index (χ0v) is 13.3. The summed E-state index contributed by atoms with van der Waals surface area (Å²) in [5.74, 6) is 0.693. The zero-order valence-electron chi connectivity index (χ0n) is 13.3. The average molecular weight is 319 g/mol. The summed E-state index contributed by atoms with van der Waals surface area (Å²) in [5.41, 5.74) is 4.66. The minimum absolute atomic E-state index is 0.511. The van der Waals surface area contributed by atoms with Crippen molar-refractivity contribution in [3.05, 3.63) is 43.2 Å². The van der Waals surface area contributed by atoms with Gasteiger partial charge in [0.15, 0.2) is 0 Å². The molecule has 0 aliphatic heterocycles. The van der Waals surface area contributed by atoms with Gasteiger partial charge in [-0.15, -0.1) is 0 Å². The van der Waals surface area contributed by atoms with Crippen LogP contribution in [0.4, 0.5) is 0 Å². The van der Waals surface area contributed by atoms with Gasteiger partial charge in [-0.3, -0.25) is 9.78 Å². The van der Waals surface area contributed by atoms with Gasteiger partial charge in [0.05, 0.1) is 47.7 Å². The van der Waals surface area contributed by atoms with Crippen molar-refractivity contribution >= 4 is 5.52 Å². The SMILES string of the molecule is C[C@H]1CC[C@H]1n1cc(-c2nc(-c3cn[nH]c3)cn3nccc23)cn1. The quantitative estimate of drug-likeness (QED) is 0.630. The largest absolute Gasteiger partial charge is 0.285 e. The lowest BCUT2D eigenvalue weighted by Crippen LogP contribution is -2.26. The molecule has 1 aliphatic rings. The van der Waals surface area contributed by atoms with Gasteiger partial charge >= 0.3 is 0 Å². The summed E-state index contributed by atoms with van der Waals surface area (Å²) in [6.07, 6.45) is 13.8. The molecule has 2 atom stereocenters. The molecule has 0 unspecified atom stereocenters. The van der Waals surface area contributed by atoms with E-state index in [9.17, 15) is 0 Å². The standard InChI is InChI=1S/C17H17N7/c1-11-2-3-15(11)23-9-13(8-21-23)17-16-4-5-20-24(16)10-14(22-17)12-6-18-19-7-12/h4-11,15H,2-3H2,1H3,(H,18,19)/t11-,15+/m0/s1. The molecule has 0 bridgehead atoms. The number of hydrogen-bond donors (Lipinski definition) is 1. The predicted molar refractivity (Wildman–Crippen MR) is 89.2 cm³/mol. The van der Waals surface area contributed by atoms with E-state index in [1.807, 2.05) is 29.2 Å². The molecule has 0 amide bonds. The summed E-state index contributed by atoms with van der Waals surface area (Å²) in [5, 5.41) is 15.8. The number of fused-ring (bicyclic) bond motifs is 1. The summed E-state index contributed by atoms with van der Waals surface area (Å²) in [7, 11) is 0. The summed E-state index contributed by atoms with van der Waals surface area (Å²) in [6.45, 7) is 2.28. The number of nitrogens with one attached hydrogen (secondary N) is 1. The van der Waals surface area contributed by atoms with Crippen LogP contribution in [0.5, 0.6) is 0 Å². The lowest BCUT2D eigenvalue weighted by molar-refractivity contribution is 0.185. The van der Waals surface area contributed by atoms with Crippen LogP contribution in [0.3, 0.4) is 0 Å². The van der Waals surface area contributed by atoms with Crippen LogP contribution in [0.15, 0.2) is 43.2 Å². The lowest BCUT2D eigenvalue weighted by Gasteiger charge is -2.33. The molecule has 4 aromatic heterocycles. The Labute approximate surface area is 138 Å². The maximum absolute atomic E-state index is 4.85. The van der Waals surface area contributed by atoms with E-state index in [1.165, 1.54) is 12.8 Å². The van der Waals surface area contributed by atoms with Crippen molar-refractivity contribution in [2.24, 2.45) is 5.92 Å². The van der Waals surface area contributed by atoms with E-state index in [1.54, 1.807) is 12.4 Å². The van der Waals surface area contributed by atoms with Gasteiger partial charge in [-0.25, -0.2) is 9.50 Å². The predicted octanol–water partition coefficient (Wildman–Crippen LogP) is 2.95. The van der Waals surface area contributed by atoms with Crippen molar-refractivity contribution in [3.63, 3.8) is 0 Å². The maximum atomic E-state index is 4.85. The first kappa shape index (κ1) is 13.5. The molecule has 0 saturated heterocycles. The third-order valence-corrected chi connectivity index (χ3v) is 4.97. The maximum Gasteiger partial charge on any atom is 0.0999 e. The highest BCUT2D eigenvalue weighted by atomic mass is 15.3. The van der Waals surface area contributed by atoms with E-state index < -0.39 is 0 Å². The highest BCUT2D eigenvalue weighted by molar-refractivity contribution is 5.78. The molecule has 4 heterocycles. The number of aromatic amines is 1. The van der Waals surface area contributed by atoms with Gasteiger partial charge < -0.3 is 0 Å². The van der Waals surface area contributed by atoms with Crippen molar-refractivity contribution in [2.75, 3.05) is 0 Å². The molecule has 1 saturated carbocycles. The first-order chi connectivity index (χ1) is 11.8. The van der Waals surface area contributed by atoms with Gasteiger partial charge in [-0.2, -0.15) is 15.3 Å². The second-order valence-electron chi connectivity index (χ2n) is 6.45. The third-order valence-electron chi connectivity index (χ3n) is 4.97. The highest BCUT2D eigenvalue weighted by Gasteiger charge is 2.29. The summed E-state index contributed by atoms with van der Waals surface area (Å²) >= 11 is 0. The van der Waals surface area contributed by atoms with E-state index in [-0.39, 0.29) is 0 Å². The van der Waals surface area contributed by atoms with Gasteiger partial charge in [0.1, 0.15) is 0 Å². The van der Waals surface area contributed by atoms with E-state index in [2.05, 4.69) is 38.2 Å². The van der Waals surface area contributed by atoms with Gasteiger partial charge in [0, 0.05) is 23.5 Å². The Morgan fingerprint density at radius 2 is 2.08 bits per heavy atom.